The van der Waals surface area contributed by atoms with E-state index in [0.717, 1.165) is 36.5 Å². The zero-order valence-electron chi connectivity index (χ0n) is 11.1. The lowest BCUT2D eigenvalue weighted by atomic mass is 9.76. The molecule has 102 valence electrons. The molecule has 0 spiro atoms. The van der Waals surface area contributed by atoms with E-state index < -0.39 is 5.54 Å². The summed E-state index contributed by atoms with van der Waals surface area (Å²) in [5, 5.41) is 6.12. The van der Waals surface area contributed by atoms with E-state index in [1.54, 1.807) is 11.3 Å². The van der Waals surface area contributed by atoms with Gasteiger partial charge in [-0.05, 0) is 43.0 Å². The van der Waals surface area contributed by atoms with Crippen LogP contribution in [0.1, 0.15) is 44.9 Å². The Morgan fingerprint density at radius 1 is 1.47 bits per heavy atom. The predicted octanol–water partition coefficient (Wildman–Crippen LogP) is 3.55. The molecule has 2 aromatic rings. The van der Waals surface area contributed by atoms with E-state index in [1.807, 2.05) is 17.5 Å². The minimum atomic E-state index is -0.398. The Labute approximate surface area is 117 Å². The van der Waals surface area contributed by atoms with Gasteiger partial charge in [-0.3, -0.25) is 0 Å². The molecule has 0 radical (unpaired) electrons. The van der Waals surface area contributed by atoms with Gasteiger partial charge in [-0.25, -0.2) is 0 Å². The van der Waals surface area contributed by atoms with Crippen LogP contribution >= 0.6 is 11.3 Å². The first-order chi connectivity index (χ1) is 9.21. The minimum absolute atomic E-state index is 0.398. The van der Waals surface area contributed by atoms with E-state index in [0.29, 0.717) is 11.7 Å². The second kappa shape index (κ2) is 5.06. The minimum Gasteiger partial charge on any atom is -0.333 e. The van der Waals surface area contributed by atoms with Gasteiger partial charge in [-0.15, -0.1) is 11.3 Å². The molecule has 3 rings (SSSR count). The van der Waals surface area contributed by atoms with E-state index in [1.165, 1.54) is 6.42 Å². The molecule has 1 fully saturated rings. The molecule has 0 aliphatic heterocycles. The number of hydrogen-bond donors (Lipinski definition) is 1. The zero-order chi connectivity index (χ0) is 13.3. The van der Waals surface area contributed by atoms with Gasteiger partial charge in [-0.1, -0.05) is 24.6 Å². The second-order valence-corrected chi connectivity index (χ2v) is 6.36. The fourth-order valence-electron chi connectivity index (χ4n) is 2.75. The van der Waals surface area contributed by atoms with Crippen molar-refractivity contribution in [2.45, 2.75) is 44.6 Å². The van der Waals surface area contributed by atoms with Crippen LogP contribution in [0.5, 0.6) is 0 Å². The highest BCUT2D eigenvalue weighted by Crippen LogP contribution is 2.38. The maximum atomic E-state index is 6.48. The molecular formula is C14H19N3OS. The topological polar surface area (TPSA) is 64.9 Å². The van der Waals surface area contributed by atoms with Gasteiger partial charge >= 0.3 is 0 Å². The van der Waals surface area contributed by atoms with Crippen molar-refractivity contribution >= 4 is 11.3 Å². The lowest BCUT2D eigenvalue weighted by Gasteiger charge is -2.34. The molecule has 1 aliphatic rings. The van der Waals surface area contributed by atoms with E-state index in [9.17, 15) is 0 Å². The van der Waals surface area contributed by atoms with E-state index in [-0.39, 0.29) is 0 Å². The summed E-state index contributed by atoms with van der Waals surface area (Å²) in [5.41, 5.74) is 6.08. The van der Waals surface area contributed by atoms with Crippen molar-refractivity contribution in [1.29, 1.82) is 0 Å². The van der Waals surface area contributed by atoms with Crippen molar-refractivity contribution < 1.29 is 4.52 Å². The number of aromatic nitrogens is 2. The number of nitrogens with zero attached hydrogens (tertiary/aromatic N) is 2. The molecule has 2 heterocycles. The highest BCUT2D eigenvalue weighted by atomic mass is 32.1. The van der Waals surface area contributed by atoms with Crippen molar-refractivity contribution in [3.05, 3.63) is 23.3 Å². The Balaban J connectivity index is 1.79. The Morgan fingerprint density at radius 2 is 2.26 bits per heavy atom. The van der Waals surface area contributed by atoms with Crippen molar-refractivity contribution in [2.75, 3.05) is 0 Å². The van der Waals surface area contributed by atoms with Gasteiger partial charge in [0.1, 0.15) is 0 Å². The zero-order valence-corrected chi connectivity index (χ0v) is 11.9. The second-order valence-electron chi connectivity index (χ2n) is 5.41. The Kier molecular flexibility index (Phi) is 3.41. The van der Waals surface area contributed by atoms with Crippen LogP contribution in [0.2, 0.25) is 0 Å². The SMILES string of the molecule is CCC1CCC(N)(c2noc(-c3cccs3)n2)CC1. The highest BCUT2D eigenvalue weighted by Gasteiger charge is 2.37. The molecule has 5 heteroatoms. The maximum absolute atomic E-state index is 6.48. The third kappa shape index (κ3) is 2.44. The normalized spacial score (nSPS) is 27.6. The molecule has 0 bridgehead atoms. The molecular weight excluding hydrogens is 258 g/mol. The predicted molar refractivity (Wildman–Crippen MR) is 75.7 cm³/mol. The summed E-state index contributed by atoms with van der Waals surface area (Å²) in [4.78, 5) is 5.51. The molecule has 0 atom stereocenters. The van der Waals surface area contributed by atoms with Gasteiger partial charge in [0.05, 0.1) is 10.4 Å². The summed E-state index contributed by atoms with van der Waals surface area (Å²) in [6.45, 7) is 2.25. The van der Waals surface area contributed by atoms with Crippen LogP contribution < -0.4 is 5.73 Å². The number of rotatable bonds is 3. The van der Waals surface area contributed by atoms with Crippen molar-refractivity contribution in [3.63, 3.8) is 0 Å². The largest absolute Gasteiger partial charge is 0.333 e. The van der Waals surface area contributed by atoms with Gasteiger partial charge in [0, 0.05) is 0 Å². The van der Waals surface area contributed by atoms with Crippen molar-refractivity contribution in [3.8, 4) is 10.8 Å². The van der Waals surface area contributed by atoms with Crippen LogP contribution in [-0.4, -0.2) is 10.1 Å². The Hall–Kier alpha value is -1.20. The van der Waals surface area contributed by atoms with Gasteiger partial charge in [0.25, 0.3) is 5.89 Å². The molecule has 0 aromatic carbocycles. The first kappa shape index (κ1) is 12.8. The van der Waals surface area contributed by atoms with Crippen molar-refractivity contribution in [2.24, 2.45) is 11.7 Å². The van der Waals surface area contributed by atoms with E-state index in [4.69, 9.17) is 10.3 Å². The average Bonchev–Trinajstić information content (AvgIpc) is 3.10. The molecule has 0 amide bonds. The van der Waals surface area contributed by atoms with Crippen LogP contribution in [-0.2, 0) is 5.54 Å². The smallest absolute Gasteiger partial charge is 0.268 e. The van der Waals surface area contributed by atoms with Crippen LogP contribution in [0, 0.1) is 5.92 Å². The van der Waals surface area contributed by atoms with Crippen LogP contribution in [0.25, 0.3) is 10.8 Å². The first-order valence-electron chi connectivity index (χ1n) is 6.88. The molecule has 4 nitrogen and oxygen atoms in total. The van der Waals surface area contributed by atoms with Gasteiger partial charge < -0.3 is 10.3 Å². The lowest BCUT2D eigenvalue weighted by molar-refractivity contribution is 0.216. The molecule has 2 N–H and O–H groups in total. The van der Waals surface area contributed by atoms with E-state index >= 15 is 0 Å². The monoisotopic (exact) mass is 277 g/mol. The summed E-state index contributed by atoms with van der Waals surface area (Å²) in [6, 6.07) is 3.97. The third-order valence-electron chi connectivity index (χ3n) is 4.18. The van der Waals surface area contributed by atoms with E-state index in [2.05, 4.69) is 17.1 Å². The Bertz CT molecular complexity index is 527. The fourth-order valence-corrected chi connectivity index (χ4v) is 3.40. The van der Waals surface area contributed by atoms with Crippen LogP contribution in [0.15, 0.2) is 22.0 Å². The summed E-state index contributed by atoms with van der Waals surface area (Å²) >= 11 is 1.60. The average molecular weight is 277 g/mol. The summed E-state index contributed by atoms with van der Waals surface area (Å²) < 4.78 is 5.35. The maximum Gasteiger partial charge on any atom is 0.268 e. The molecule has 19 heavy (non-hydrogen) atoms. The highest BCUT2D eigenvalue weighted by molar-refractivity contribution is 7.13. The summed E-state index contributed by atoms with van der Waals surface area (Å²) in [5.74, 6) is 2.07. The fraction of sp³-hybridized carbons (Fsp3) is 0.571. The first-order valence-corrected chi connectivity index (χ1v) is 7.76. The van der Waals surface area contributed by atoms with Crippen LogP contribution in [0.4, 0.5) is 0 Å². The standard InChI is InChI=1S/C14H19N3OS/c1-2-10-5-7-14(15,8-6-10)13-16-12(18-17-13)11-4-3-9-19-11/h3-4,9-10H,2,5-8,15H2,1H3. The van der Waals surface area contributed by atoms with Gasteiger partial charge in [-0.2, -0.15) is 4.98 Å². The lowest BCUT2D eigenvalue weighted by Crippen LogP contribution is -2.41. The van der Waals surface area contributed by atoms with Gasteiger partial charge in [0.2, 0.25) is 0 Å². The molecule has 0 unspecified atom stereocenters. The molecule has 1 aliphatic carbocycles. The molecule has 2 aromatic heterocycles. The Morgan fingerprint density at radius 3 is 2.89 bits per heavy atom. The van der Waals surface area contributed by atoms with Crippen molar-refractivity contribution in [1.82, 2.24) is 10.1 Å². The number of thiophene rings is 1. The number of hydrogen-bond acceptors (Lipinski definition) is 5. The quantitative estimate of drug-likeness (QED) is 0.931. The number of nitrogens with two attached hydrogens (primary N) is 1. The van der Waals surface area contributed by atoms with Gasteiger partial charge in [0.15, 0.2) is 5.82 Å². The third-order valence-corrected chi connectivity index (χ3v) is 5.04. The molecule has 1 saturated carbocycles. The molecule has 0 saturated heterocycles. The van der Waals surface area contributed by atoms with Crippen LogP contribution in [0.3, 0.4) is 0 Å². The summed E-state index contributed by atoms with van der Waals surface area (Å²) in [6.07, 6.45) is 5.47. The summed E-state index contributed by atoms with van der Waals surface area (Å²) in [7, 11) is 0.